The molecule has 0 saturated heterocycles. The van der Waals surface area contributed by atoms with Crippen LogP contribution in [0.3, 0.4) is 0 Å². The first-order valence-electron chi connectivity index (χ1n) is 3.61. The van der Waals surface area contributed by atoms with Crippen molar-refractivity contribution < 1.29 is 0 Å². The summed E-state index contributed by atoms with van der Waals surface area (Å²) in [5.41, 5.74) is 0. The fourth-order valence-electron chi connectivity index (χ4n) is 1.70. The van der Waals surface area contributed by atoms with E-state index in [9.17, 15) is 0 Å². The zero-order valence-corrected chi connectivity index (χ0v) is 6.28. The number of nitrogens with zero attached hydrogens (tertiary/aromatic N) is 1. The summed E-state index contributed by atoms with van der Waals surface area (Å²) in [6, 6.07) is 0. The maximum Gasteiger partial charge on any atom is 0.0428 e. The molecule has 0 N–H and O–H groups in total. The molecular formula is C7H11NS. The first-order valence-corrected chi connectivity index (χ1v) is 4.39. The van der Waals surface area contributed by atoms with E-state index in [4.69, 9.17) is 0 Å². The van der Waals surface area contributed by atoms with Crippen molar-refractivity contribution in [1.29, 1.82) is 0 Å². The molecule has 0 amide bonds. The summed E-state index contributed by atoms with van der Waals surface area (Å²) in [5, 5.41) is 0. The molecule has 9 heavy (non-hydrogen) atoms. The maximum absolute atomic E-state index is 4.21. The van der Waals surface area contributed by atoms with Crippen molar-refractivity contribution in [2.45, 2.75) is 36.9 Å². The van der Waals surface area contributed by atoms with E-state index in [1.807, 2.05) is 11.9 Å². The van der Waals surface area contributed by atoms with Crippen molar-refractivity contribution in [3.05, 3.63) is 0 Å². The van der Waals surface area contributed by atoms with Gasteiger partial charge in [0.05, 0.1) is 0 Å². The zero-order chi connectivity index (χ0) is 6.16. The third kappa shape index (κ3) is 0.895. The predicted molar refractivity (Wildman–Crippen MR) is 41.9 cm³/mol. The number of hydrogen-bond acceptors (Lipinski definition) is 2. The van der Waals surface area contributed by atoms with Crippen LogP contribution in [0.25, 0.3) is 0 Å². The van der Waals surface area contributed by atoms with Gasteiger partial charge < -0.3 is 0 Å². The molecule has 1 aliphatic heterocycles. The lowest BCUT2D eigenvalue weighted by atomic mass is 10.0. The summed E-state index contributed by atoms with van der Waals surface area (Å²) >= 11 is 1.82. The maximum atomic E-state index is 4.21. The topological polar surface area (TPSA) is 12.4 Å². The Labute approximate surface area is 60.1 Å². The Morgan fingerprint density at radius 3 is 2.67 bits per heavy atom. The first-order chi connectivity index (χ1) is 4.41. The fraction of sp³-hybridized carbons (Fsp3) is 0.857. The molecule has 2 heteroatoms. The van der Waals surface area contributed by atoms with Crippen LogP contribution in [0.5, 0.6) is 0 Å². The van der Waals surface area contributed by atoms with Gasteiger partial charge >= 0.3 is 0 Å². The lowest BCUT2D eigenvalue weighted by Gasteiger charge is -2.17. The largest absolute Gasteiger partial charge is 0.228 e. The molecule has 1 fully saturated rings. The van der Waals surface area contributed by atoms with E-state index in [2.05, 4.69) is 10.6 Å². The van der Waals surface area contributed by atoms with Gasteiger partial charge in [0.15, 0.2) is 0 Å². The molecule has 0 aromatic rings. The van der Waals surface area contributed by atoms with Crippen LogP contribution in [-0.2, 0) is 0 Å². The molecular weight excluding hydrogens is 130 g/mol. The Hall–Kier alpha value is 0.0200. The lowest BCUT2D eigenvalue weighted by Crippen LogP contribution is -2.15. The van der Waals surface area contributed by atoms with Crippen molar-refractivity contribution in [2.75, 3.05) is 0 Å². The molecule has 0 bridgehead atoms. The Kier molecular flexibility index (Phi) is 1.29. The third-order valence-corrected chi connectivity index (χ3v) is 3.52. The van der Waals surface area contributed by atoms with Crippen molar-refractivity contribution >= 4 is 18.2 Å². The smallest absolute Gasteiger partial charge is 0.0428 e. The molecule has 50 valence electrons. The molecule has 0 unspecified atom stereocenters. The molecule has 2 rings (SSSR count). The van der Waals surface area contributed by atoms with Crippen LogP contribution in [0.1, 0.15) is 32.1 Å². The van der Waals surface area contributed by atoms with Gasteiger partial charge in [-0.25, -0.2) is 4.40 Å². The van der Waals surface area contributed by atoms with E-state index >= 15 is 0 Å². The molecule has 0 aromatic carbocycles. The number of rotatable bonds is 0. The van der Waals surface area contributed by atoms with E-state index in [-0.39, 0.29) is 0 Å². The van der Waals surface area contributed by atoms with Crippen LogP contribution in [0.2, 0.25) is 0 Å². The second kappa shape index (κ2) is 2.01. The van der Waals surface area contributed by atoms with Crippen molar-refractivity contribution in [3.8, 4) is 0 Å². The molecule has 0 atom stereocenters. The fourth-order valence-corrected chi connectivity index (χ4v) is 2.70. The van der Waals surface area contributed by atoms with Gasteiger partial charge in [0.25, 0.3) is 0 Å². The van der Waals surface area contributed by atoms with E-state index in [0.717, 1.165) is 0 Å². The summed E-state index contributed by atoms with van der Waals surface area (Å²) < 4.78 is 4.79. The molecule has 1 aliphatic carbocycles. The predicted octanol–water partition coefficient (Wildman–Crippen LogP) is 2.42. The standard InChI is InChI=1S/C7H11NS/c1-2-4-7(3-1)5-6-8-9-7/h6H,1-5H2. The highest BCUT2D eigenvalue weighted by atomic mass is 32.2. The van der Waals surface area contributed by atoms with Gasteiger partial charge in [0, 0.05) is 11.0 Å². The minimum atomic E-state index is 0.583. The summed E-state index contributed by atoms with van der Waals surface area (Å²) in [7, 11) is 0. The van der Waals surface area contributed by atoms with E-state index in [0.29, 0.717) is 4.75 Å². The van der Waals surface area contributed by atoms with Crippen LogP contribution < -0.4 is 0 Å². The van der Waals surface area contributed by atoms with E-state index in [1.165, 1.54) is 32.1 Å². The Morgan fingerprint density at radius 2 is 2.11 bits per heavy atom. The lowest BCUT2D eigenvalue weighted by molar-refractivity contribution is 0.646. The summed E-state index contributed by atoms with van der Waals surface area (Å²) in [6.45, 7) is 0. The van der Waals surface area contributed by atoms with Gasteiger partial charge in [0.1, 0.15) is 0 Å². The van der Waals surface area contributed by atoms with Crippen LogP contribution in [0, 0.1) is 0 Å². The summed E-state index contributed by atoms with van der Waals surface area (Å²) in [6.07, 6.45) is 8.97. The Morgan fingerprint density at radius 1 is 1.33 bits per heavy atom. The van der Waals surface area contributed by atoms with Gasteiger partial charge in [-0.05, 0) is 31.2 Å². The van der Waals surface area contributed by atoms with Gasteiger partial charge in [0.2, 0.25) is 0 Å². The number of hydrogen-bond donors (Lipinski definition) is 0. The van der Waals surface area contributed by atoms with E-state index in [1.54, 1.807) is 0 Å². The second-order valence-corrected chi connectivity index (χ2v) is 4.23. The molecule has 0 aromatic heterocycles. The average Bonchev–Trinajstić information content (AvgIpc) is 2.45. The highest BCUT2D eigenvalue weighted by Crippen LogP contribution is 2.46. The molecule has 2 aliphatic rings. The van der Waals surface area contributed by atoms with Crippen molar-refractivity contribution in [3.63, 3.8) is 0 Å². The van der Waals surface area contributed by atoms with Gasteiger partial charge in [-0.15, -0.1) is 0 Å². The van der Waals surface area contributed by atoms with Crippen molar-refractivity contribution in [2.24, 2.45) is 4.40 Å². The average molecular weight is 141 g/mol. The normalized spacial score (nSPS) is 30.2. The zero-order valence-electron chi connectivity index (χ0n) is 5.47. The first kappa shape index (κ1) is 5.78. The minimum absolute atomic E-state index is 0.583. The third-order valence-electron chi connectivity index (χ3n) is 2.30. The summed E-state index contributed by atoms with van der Waals surface area (Å²) in [4.78, 5) is 0. The molecule has 1 nitrogen and oxygen atoms in total. The van der Waals surface area contributed by atoms with Crippen molar-refractivity contribution in [1.82, 2.24) is 0 Å². The quantitative estimate of drug-likeness (QED) is 0.472. The highest BCUT2D eigenvalue weighted by molar-refractivity contribution is 7.99. The second-order valence-electron chi connectivity index (χ2n) is 2.97. The highest BCUT2D eigenvalue weighted by Gasteiger charge is 2.36. The Balaban J connectivity index is 2.07. The van der Waals surface area contributed by atoms with Crippen LogP contribution in [0.15, 0.2) is 4.40 Å². The van der Waals surface area contributed by atoms with E-state index < -0.39 is 0 Å². The minimum Gasteiger partial charge on any atom is -0.228 e. The van der Waals surface area contributed by atoms with Crippen LogP contribution in [0.4, 0.5) is 0 Å². The molecule has 0 radical (unpaired) electrons. The monoisotopic (exact) mass is 141 g/mol. The van der Waals surface area contributed by atoms with Gasteiger partial charge in [-0.2, -0.15) is 0 Å². The van der Waals surface area contributed by atoms with Gasteiger partial charge in [-0.3, -0.25) is 0 Å². The van der Waals surface area contributed by atoms with Crippen LogP contribution in [-0.4, -0.2) is 11.0 Å². The molecule has 1 heterocycles. The van der Waals surface area contributed by atoms with Crippen LogP contribution >= 0.6 is 11.9 Å². The molecule has 1 saturated carbocycles. The SMILES string of the molecule is C1=NSC2(C1)CCCC2. The van der Waals surface area contributed by atoms with Gasteiger partial charge in [-0.1, -0.05) is 12.8 Å². The summed E-state index contributed by atoms with van der Waals surface area (Å²) in [5.74, 6) is 0. The molecule has 1 spiro atoms. The Bertz CT molecular complexity index is 126.